The van der Waals surface area contributed by atoms with Gasteiger partial charge in [0.15, 0.2) is 0 Å². The second-order valence-electron chi connectivity index (χ2n) is 5.17. The van der Waals surface area contributed by atoms with E-state index in [-0.39, 0.29) is 6.04 Å². The summed E-state index contributed by atoms with van der Waals surface area (Å²) in [5.41, 5.74) is 9.48. The fourth-order valence-electron chi connectivity index (χ4n) is 3.00. The third-order valence-corrected chi connectivity index (χ3v) is 5.04. The minimum Gasteiger partial charge on any atom is -0.323 e. The molecule has 0 spiro atoms. The van der Waals surface area contributed by atoms with Crippen molar-refractivity contribution in [2.45, 2.75) is 38.1 Å². The van der Waals surface area contributed by atoms with Crippen LogP contribution in [0, 0.1) is 6.92 Å². The first kappa shape index (κ1) is 11.9. The summed E-state index contributed by atoms with van der Waals surface area (Å²) in [4.78, 5) is 2.68. The molecule has 2 aromatic rings. The molecule has 1 heterocycles. The highest BCUT2D eigenvalue weighted by molar-refractivity contribution is 7.12. The summed E-state index contributed by atoms with van der Waals surface area (Å²) in [6.07, 6.45) is 3.69. The van der Waals surface area contributed by atoms with Gasteiger partial charge in [0.05, 0.1) is 0 Å². The van der Waals surface area contributed by atoms with Crippen LogP contribution in [0.4, 0.5) is 0 Å². The summed E-state index contributed by atoms with van der Waals surface area (Å²) in [6, 6.07) is 13.3. The molecule has 1 aromatic heterocycles. The smallest absolute Gasteiger partial charge is 0.0459 e. The van der Waals surface area contributed by atoms with Crippen molar-refractivity contribution >= 4 is 11.3 Å². The van der Waals surface area contributed by atoms with Gasteiger partial charge in [-0.3, -0.25) is 0 Å². The number of thiophene rings is 1. The molecule has 1 nitrogen and oxygen atoms in total. The van der Waals surface area contributed by atoms with Gasteiger partial charge in [-0.2, -0.15) is 0 Å². The quantitative estimate of drug-likeness (QED) is 0.858. The molecule has 0 fully saturated rings. The first-order valence-corrected chi connectivity index (χ1v) is 7.47. The van der Waals surface area contributed by atoms with Crippen LogP contribution in [0.25, 0.3) is 0 Å². The molecule has 1 aliphatic carbocycles. The second-order valence-corrected chi connectivity index (χ2v) is 6.49. The van der Waals surface area contributed by atoms with Crippen molar-refractivity contribution in [3.63, 3.8) is 0 Å². The van der Waals surface area contributed by atoms with Crippen molar-refractivity contribution in [3.8, 4) is 0 Å². The summed E-state index contributed by atoms with van der Waals surface area (Å²) >= 11 is 1.84. The lowest BCUT2D eigenvalue weighted by atomic mass is 9.78. The van der Waals surface area contributed by atoms with Gasteiger partial charge in [-0.15, -0.1) is 11.3 Å². The maximum atomic E-state index is 6.51. The molecule has 0 bridgehead atoms. The molecule has 2 unspecified atom stereocenters. The van der Waals surface area contributed by atoms with E-state index in [1.54, 1.807) is 0 Å². The number of benzene rings is 1. The minimum absolute atomic E-state index is 0.158. The number of hydrogen-bond donors (Lipinski definition) is 1. The van der Waals surface area contributed by atoms with E-state index in [4.69, 9.17) is 5.73 Å². The van der Waals surface area contributed by atoms with E-state index in [0.29, 0.717) is 5.92 Å². The number of rotatable bonds is 2. The van der Waals surface area contributed by atoms with E-state index >= 15 is 0 Å². The molecular weight excluding hydrogens is 238 g/mol. The normalized spacial score (nSPS) is 20.4. The zero-order chi connectivity index (χ0) is 12.5. The van der Waals surface area contributed by atoms with Crippen molar-refractivity contribution in [2.75, 3.05) is 0 Å². The van der Waals surface area contributed by atoms with Gasteiger partial charge in [0.25, 0.3) is 0 Å². The largest absolute Gasteiger partial charge is 0.323 e. The summed E-state index contributed by atoms with van der Waals surface area (Å²) in [5, 5.41) is 0. The van der Waals surface area contributed by atoms with Crippen molar-refractivity contribution in [3.05, 3.63) is 57.3 Å². The van der Waals surface area contributed by atoms with Crippen LogP contribution >= 0.6 is 11.3 Å². The Bertz CT molecular complexity index is 544. The monoisotopic (exact) mass is 257 g/mol. The summed E-state index contributed by atoms with van der Waals surface area (Å²) in [7, 11) is 0. The Kier molecular flexibility index (Phi) is 3.23. The molecule has 3 rings (SSSR count). The molecule has 0 aliphatic heterocycles. The van der Waals surface area contributed by atoms with Gasteiger partial charge < -0.3 is 5.73 Å². The number of fused-ring (bicyclic) bond motifs is 1. The second kappa shape index (κ2) is 4.87. The topological polar surface area (TPSA) is 26.0 Å². The average Bonchev–Trinajstić information content (AvgIpc) is 2.84. The van der Waals surface area contributed by atoms with Gasteiger partial charge in [-0.1, -0.05) is 24.3 Å². The molecule has 94 valence electrons. The summed E-state index contributed by atoms with van der Waals surface area (Å²) < 4.78 is 0. The van der Waals surface area contributed by atoms with Crippen LogP contribution in [0.15, 0.2) is 36.4 Å². The van der Waals surface area contributed by atoms with E-state index in [0.717, 1.165) is 0 Å². The number of hydrogen-bond acceptors (Lipinski definition) is 2. The predicted molar refractivity (Wildman–Crippen MR) is 78.1 cm³/mol. The Morgan fingerprint density at radius 3 is 2.83 bits per heavy atom. The van der Waals surface area contributed by atoms with Gasteiger partial charge >= 0.3 is 0 Å². The van der Waals surface area contributed by atoms with E-state index in [2.05, 4.69) is 43.3 Å². The first-order chi connectivity index (χ1) is 8.75. The molecule has 0 radical (unpaired) electrons. The average molecular weight is 257 g/mol. The molecule has 1 aliphatic rings. The van der Waals surface area contributed by atoms with Crippen LogP contribution in [0.2, 0.25) is 0 Å². The van der Waals surface area contributed by atoms with E-state index in [1.807, 2.05) is 11.3 Å². The zero-order valence-corrected chi connectivity index (χ0v) is 11.5. The van der Waals surface area contributed by atoms with E-state index in [1.165, 1.54) is 40.1 Å². The van der Waals surface area contributed by atoms with Crippen molar-refractivity contribution < 1.29 is 0 Å². The molecule has 0 saturated heterocycles. The Morgan fingerprint density at radius 2 is 2.06 bits per heavy atom. The zero-order valence-electron chi connectivity index (χ0n) is 10.7. The molecule has 0 amide bonds. The lowest BCUT2D eigenvalue weighted by Crippen LogP contribution is -2.22. The van der Waals surface area contributed by atoms with E-state index in [9.17, 15) is 0 Å². The minimum atomic E-state index is 0.158. The first-order valence-electron chi connectivity index (χ1n) is 6.65. The molecular formula is C16H19NS. The van der Waals surface area contributed by atoms with Crippen LogP contribution in [0.3, 0.4) is 0 Å². The van der Waals surface area contributed by atoms with Gasteiger partial charge in [-0.25, -0.2) is 0 Å². The van der Waals surface area contributed by atoms with Crippen LogP contribution < -0.4 is 5.73 Å². The summed E-state index contributed by atoms with van der Waals surface area (Å²) in [6.45, 7) is 2.15. The Balaban J connectivity index is 1.94. The lowest BCUT2D eigenvalue weighted by molar-refractivity contribution is 0.479. The Hall–Kier alpha value is -1.12. The fourth-order valence-corrected chi connectivity index (χ4v) is 3.94. The van der Waals surface area contributed by atoms with Gasteiger partial charge in [0.1, 0.15) is 0 Å². The molecule has 18 heavy (non-hydrogen) atoms. The van der Waals surface area contributed by atoms with Gasteiger partial charge in [0.2, 0.25) is 0 Å². The van der Waals surface area contributed by atoms with Crippen LogP contribution in [-0.2, 0) is 6.42 Å². The fraction of sp³-hybridized carbons (Fsp3) is 0.375. The highest BCUT2D eigenvalue weighted by atomic mass is 32.1. The highest BCUT2D eigenvalue weighted by Crippen LogP contribution is 2.40. The van der Waals surface area contributed by atoms with Crippen LogP contribution in [0.5, 0.6) is 0 Å². The number of nitrogens with two attached hydrogens (primary N) is 1. The maximum absolute atomic E-state index is 6.51. The van der Waals surface area contributed by atoms with Crippen molar-refractivity contribution in [1.82, 2.24) is 0 Å². The third kappa shape index (κ3) is 2.11. The van der Waals surface area contributed by atoms with Crippen LogP contribution in [-0.4, -0.2) is 0 Å². The van der Waals surface area contributed by atoms with Gasteiger partial charge in [-0.05, 0) is 49.4 Å². The highest BCUT2D eigenvalue weighted by Gasteiger charge is 2.26. The lowest BCUT2D eigenvalue weighted by Gasteiger charge is -2.29. The maximum Gasteiger partial charge on any atom is 0.0459 e. The SMILES string of the molecule is Cc1ccc(C(N)C2CCCc3ccccc32)s1. The Morgan fingerprint density at radius 1 is 1.22 bits per heavy atom. The molecule has 0 saturated carbocycles. The molecule has 2 N–H and O–H groups in total. The third-order valence-electron chi connectivity index (χ3n) is 3.94. The Labute approximate surface area is 113 Å². The van der Waals surface area contributed by atoms with E-state index < -0.39 is 0 Å². The van der Waals surface area contributed by atoms with Crippen LogP contribution in [0.1, 0.15) is 45.7 Å². The molecule has 2 atom stereocenters. The number of aryl methyl sites for hydroxylation is 2. The standard InChI is InChI=1S/C16H19NS/c1-11-9-10-15(18-11)16(17)14-8-4-6-12-5-2-3-7-13(12)14/h2-3,5,7,9-10,14,16H,4,6,8,17H2,1H3. The van der Waals surface area contributed by atoms with Crippen molar-refractivity contribution in [1.29, 1.82) is 0 Å². The molecule has 2 heteroatoms. The molecule has 1 aromatic carbocycles. The van der Waals surface area contributed by atoms with Crippen molar-refractivity contribution in [2.24, 2.45) is 5.73 Å². The van der Waals surface area contributed by atoms with Gasteiger partial charge in [0, 0.05) is 21.7 Å². The predicted octanol–water partition coefficient (Wildman–Crippen LogP) is 4.18. The summed E-state index contributed by atoms with van der Waals surface area (Å²) in [5.74, 6) is 0.494.